The van der Waals surface area contributed by atoms with Gasteiger partial charge in [-0.05, 0) is 56.0 Å². The van der Waals surface area contributed by atoms with Gasteiger partial charge in [-0.2, -0.15) is 0 Å². The topological polar surface area (TPSA) is 77.5 Å². The van der Waals surface area contributed by atoms with Gasteiger partial charge in [0.25, 0.3) is 5.91 Å². The molecule has 1 amide bonds. The fourth-order valence-corrected chi connectivity index (χ4v) is 3.19. The van der Waals surface area contributed by atoms with Crippen LogP contribution in [0.4, 0.5) is 0 Å². The Hall–Kier alpha value is -1.79. The number of amides is 1. The number of halogens is 1. The van der Waals surface area contributed by atoms with Crippen LogP contribution in [-0.2, 0) is 6.61 Å². The molecule has 1 aromatic carbocycles. The number of hydrogen-bond acceptors (Lipinski definition) is 4. The molecule has 3 rings (SSSR count). The molecule has 1 heterocycles. The maximum Gasteiger partial charge on any atom is 0.287 e. The fourth-order valence-electron chi connectivity index (χ4n) is 2.81. The summed E-state index contributed by atoms with van der Waals surface area (Å²) in [4.78, 5) is 12.2. The quantitative estimate of drug-likeness (QED) is 0.814. The molecule has 2 aromatic rings. The minimum absolute atomic E-state index is 0.177. The van der Waals surface area contributed by atoms with Gasteiger partial charge in [0.2, 0.25) is 0 Å². The lowest BCUT2D eigenvalue weighted by Crippen LogP contribution is -2.40. The lowest BCUT2D eigenvalue weighted by atomic mass is 9.92. The maximum atomic E-state index is 12.2. The van der Waals surface area contributed by atoms with Gasteiger partial charge in [0.1, 0.15) is 18.1 Å². The van der Waals surface area contributed by atoms with Crippen molar-refractivity contribution in [2.45, 2.75) is 44.4 Å². The summed E-state index contributed by atoms with van der Waals surface area (Å²) in [6.45, 7) is 0.280. The van der Waals surface area contributed by atoms with E-state index in [0.717, 1.165) is 35.9 Å². The number of ether oxygens (including phenoxy) is 1. The molecule has 0 spiro atoms. The molecule has 24 heavy (non-hydrogen) atoms. The zero-order chi connectivity index (χ0) is 16.9. The van der Waals surface area contributed by atoms with Crippen LogP contribution in [0.2, 0.25) is 0 Å². The molecule has 0 aliphatic heterocycles. The Balaban J connectivity index is 1.52. The number of nitrogens with one attached hydrogen (secondary N) is 1. The number of hydrogen-bond donors (Lipinski definition) is 2. The first kappa shape index (κ1) is 17.0. The lowest BCUT2D eigenvalue weighted by Gasteiger charge is -2.26. The standard InChI is InChI=1S/C18H21BrN2O3/c19-12-2-1-3-15(10-12)23-11-16-8-9-17(24-16)18(22)21-14-6-4-13(20)5-7-14/h1-3,8-10,13-14H,4-7,11,20H2,(H,21,22). The van der Waals surface area contributed by atoms with Crippen LogP contribution in [-0.4, -0.2) is 18.0 Å². The molecule has 1 aromatic heterocycles. The SMILES string of the molecule is NC1CCC(NC(=O)c2ccc(COc3cccc(Br)c3)o2)CC1. The van der Waals surface area contributed by atoms with Gasteiger partial charge >= 0.3 is 0 Å². The predicted octanol–water partition coefficient (Wildman–Crippen LogP) is 3.62. The second kappa shape index (κ2) is 7.85. The lowest BCUT2D eigenvalue weighted by molar-refractivity contribution is 0.0893. The Morgan fingerprint density at radius 1 is 1.25 bits per heavy atom. The third kappa shape index (κ3) is 4.61. The van der Waals surface area contributed by atoms with E-state index in [0.29, 0.717) is 11.5 Å². The molecule has 0 unspecified atom stereocenters. The Morgan fingerprint density at radius 3 is 2.79 bits per heavy atom. The molecule has 1 fully saturated rings. The summed E-state index contributed by atoms with van der Waals surface area (Å²) < 4.78 is 12.2. The molecule has 1 aliphatic carbocycles. The van der Waals surface area contributed by atoms with Crippen LogP contribution in [0.1, 0.15) is 42.0 Å². The van der Waals surface area contributed by atoms with E-state index in [-0.39, 0.29) is 24.6 Å². The summed E-state index contributed by atoms with van der Waals surface area (Å²) in [7, 11) is 0. The van der Waals surface area contributed by atoms with Gasteiger partial charge in [-0.25, -0.2) is 0 Å². The number of rotatable bonds is 5. The largest absolute Gasteiger partial charge is 0.486 e. The van der Waals surface area contributed by atoms with Crippen molar-refractivity contribution >= 4 is 21.8 Å². The van der Waals surface area contributed by atoms with E-state index in [1.54, 1.807) is 12.1 Å². The van der Waals surface area contributed by atoms with Crippen LogP contribution in [0.25, 0.3) is 0 Å². The summed E-state index contributed by atoms with van der Waals surface area (Å²) in [6.07, 6.45) is 3.75. The van der Waals surface area contributed by atoms with Crippen LogP contribution >= 0.6 is 15.9 Å². The van der Waals surface area contributed by atoms with E-state index in [9.17, 15) is 4.79 Å². The van der Waals surface area contributed by atoms with Gasteiger partial charge in [-0.15, -0.1) is 0 Å². The van der Waals surface area contributed by atoms with Crippen LogP contribution in [0.3, 0.4) is 0 Å². The zero-order valence-corrected chi connectivity index (χ0v) is 14.9. The van der Waals surface area contributed by atoms with Gasteiger partial charge in [0.15, 0.2) is 5.76 Å². The van der Waals surface area contributed by atoms with Gasteiger partial charge in [-0.1, -0.05) is 22.0 Å². The molecule has 0 bridgehead atoms. The minimum Gasteiger partial charge on any atom is -0.486 e. The predicted molar refractivity (Wildman–Crippen MR) is 94.9 cm³/mol. The Bertz CT molecular complexity index is 693. The molecule has 1 aliphatic rings. The average molecular weight is 393 g/mol. The summed E-state index contributed by atoms with van der Waals surface area (Å²) in [5.74, 6) is 1.50. The number of furan rings is 1. The number of benzene rings is 1. The molecular formula is C18H21BrN2O3. The molecule has 0 radical (unpaired) electrons. The monoisotopic (exact) mass is 392 g/mol. The maximum absolute atomic E-state index is 12.2. The Labute approximate surface area is 149 Å². The minimum atomic E-state index is -0.177. The zero-order valence-electron chi connectivity index (χ0n) is 13.3. The van der Waals surface area contributed by atoms with E-state index >= 15 is 0 Å². The van der Waals surface area contributed by atoms with Crippen molar-refractivity contribution in [3.05, 3.63) is 52.4 Å². The van der Waals surface area contributed by atoms with E-state index < -0.39 is 0 Å². The van der Waals surface area contributed by atoms with Crippen molar-refractivity contribution in [1.82, 2.24) is 5.32 Å². The van der Waals surface area contributed by atoms with Crippen molar-refractivity contribution < 1.29 is 13.9 Å². The van der Waals surface area contributed by atoms with E-state index in [4.69, 9.17) is 14.9 Å². The molecule has 0 atom stereocenters. The van der Waals surface area contributed by atoms with Crippen LogP contribution in [0, 0.1) is 0 Å². The van der Waals surface area contributed by atoms with Crippen molar-refractivity contribution in [3.63, 3.8) is 0 Å². The van der Waals surface area contributed by atoms with E-state index in [2.05, 4.69) is 21.2 Å². The first-order valence-electron chi connectivity index (χ1n) is 8.13. The number of carbonyl (C=O) groups is 1. The summed E-state index contributed by atoms with van der Waals surface area (Å²) in [5, 5.41) is 3.02. The van der Waals surface area contributed by atoms with Crippen LogP contribution in [0.15, 0.2) is 45.3 Å². The van der Waals surface area contributed by atoms with Crippen molar-refractivity contribution in [2.75, 3.05) is 0 Å². The molecule has 1 saturated carbocycles. The fraction of sp³-hybridized carbons (Fsp3) is 0.389. The third-order valence-corrected chi connectivity index (χ3v) is 4.66. The highest BCUT2D eigenvalue weighted by molar-refractivity contribution is 9.10. The van der Waals surface area contributed by atoms with Crippen LogP contribution in [0.5, 0.6) is 5.75 Å². The molecule has 3 N–H and O–H groups in total. The number of nitrogens with two attached hydrogens (primary N) is 1. The smallest absolute Gasteiger partial charge is 0.287 e. The Kier molecular flexibility index (Phi) is 5.58. The van der Waals surface area contributed by atoms with Gasteiger partial charge in [-0.3, -0.25) is 4.79 Å². The highest BCUT2D eigenvalue weighted by Gasteiger charge is 2.21. The number of carbonyl (C=O) groups excluding carboxylic acids is 1. The van der Waals surface area contributed by atoms with Gasteiger partial charge in [0, 0.05) is 16.6 Å². The first-order valence-corrected chi connectivity index (χ1v) is 8.93. The highest BCUT2D eigenvalue weighted by Crippen LogP contribution is 2.20. The molecule has 6 heteroatoms. The van der Waals surface area contributed by atoms with E-state index in [1.165, 1.54) is 0 Å². The Morgan fingerprint density at radius 2 is 2.04 bits per heavy atom. The van der Waals surface area contributed by atoms with Crippen LogP contribution < -0.4 is 15.8 Å². The highest BCUT2D eigenvalue weighted by atomic mass is 79.9. The third-order valence-electron chi connectivity index (χ3n) is 4.17. The first-order chi connectivity index (χ1) is 11.6. The van der Waals surface area contributed by atoms with Crippen molar-refractivity contribution in [1.29, 1.82) is 0 Å². The second-order valence-corrected chi connectivity index (χ2v) is 7.01. The van der Waals surface area contributed by atoms with E-state index in [1.807, 2.05) is 24.3 Å². The van der Waals surface area contributed by atoms with Gasteiger partial charge < -0.3 is 20.2 Å². The molecule has 5 nitrogen and oxygen atoms in total. The normalized spacial score (nSPS) is 20.6. The second-order valence-electron chi connectivity index (χ2n) is 6.10. The summed E-state index contributed by atoms with van der Waals surface area (Å²) in [6, 6.07) is 11.5. The summed E-state index contributed by atoms with van der Waals surface area (Å²) >= 11 is 3.40. The molecule has 128 valence electrons. The van der Waals surface area contributed by atoms with Crippen molar-refractivity contribution in [2.24, 2.45) is 5.73 Å². The van der Waals surface area contributed by atoms with Gasteiger partial charge in [0.05, 0.1) is 0 Å². The average Bonchev–Trinajstić information content (AvgIpc) is 3.04. The summed E-state index contributed by atoms with van der Waals surface area (Å²) in [5.41, 5.74) is 5.88. The molecule has 0 saturated heterocycles. The van der Waals surface area contributed by atoms with Crippen molar-refractivity contribution in [3.8, 4) is 5.75 Å². The molecular weight excluding hydrogens is 372 g/mol.